The van der Waals surface area contributed by atoms with E-state index in [0.29, 0.717) is 29.2 Å². The second-order valence-corrected chi connectivity index (χ2v) is 6.12. The number of carbonyl (C=O) groups is 2. The Kier molecular flexibility index (Phi) is 5.29. The molecule has 2 rings (SSSR count). The molecule has 3 N–H and O–H groups in total. The minimum atomic E-state index is -0.916. The highest BCUT2D eigenvalue weighted by molar-refractivity contribution is 6.30. The van der Waals surface area contributed by atoms with Crippen LogP contribution in [0.1, 0.15) is 37.7 Å². The Morgan fingerprint density at radius 2 is 2.00 bits per heavy atom. The number of halogens is 1. The van der Waals surface area contributed by atoms with E-state index >= 15 is 0 Å². The zero-order valence-electron chi connectivity index (χ0n) is 12.7. The van der Waals surface area contributed by atoms with Gasteiger partial charge in [-0.1, -0.05) is 30.9 Å². The van der Waals surface area contributed by atoms with Gasteiger partial charge in [-0.05, 0) is 31.0 Å². The molecule has 0 saturated heterocycles. The van der Waals surface area contributed by atoms with Crippen LogP contribution in [0.5, 0.6) is 5.75 Å². The van der Waals surface area contributed by atoms with E-state index in [1.54, 1.807) is 18.2 Å². The maximum Gasteiger partial charge on any atom is 0.243 e. The summed E-state index contributed by atoms with van der Waals surface area (Å²) < 4.78 is 5.23. The molecule has 0 aliphatic heterocycles. The second kappa shape index (κ2) is 7.01. The average Bonchev–Trinajstić information content (AvgIpc) is 2.48. The molecule has 1 aromatic carbocycles. The van der Waals surface area contributed by atoms with Gasteiger partial charge in [0.15, 0.2) is 0 Å². The molecule has 2 amide bonds. The predicted molar refractivity (Wildman–Crippen MR) is 84.9 cm³/mol. The minimum absolute atomic E-state index is 0.0960. The molecule has 0 unspecified atom stereocenters. The molecule has 1 aliphatic carbocycles. The van der Waals surface area contributed by atoms with Crippen molar-refractivity contribution in [2.75, 3.05) is 7.11 Å². The van der Waals surface area contributed by atoms with Gasteiger partial charge in [0.25, 0.3) is 0 Å². The van der Waals surface area contributed by atoms with Gasteiger partial charge in [-0.15, -0.1) is 0 Å². The zero-order chi connectivity index (χ0) is 16.2. The summed E-state index contributed by atoms with van der Waals surface area (Å²) in [5, 5.41) is 3.37. The summed E-state index contributed by atoms with van der Waals surface area (Å²) in [7, 11) is 1.54. The van der Waals surface area contributed by atoms with Crippen LogP contribution in [0.3, 0.4) is 0 Å². The van der Waals surface area contributed by atoms with Gasteiger partial charge in [-0.2, -0.15) is 0 Å². The summed E-state index contributed by atoms with van der Waals surface area (Å²) in [4.78, 5) is 24.2. The Balaban J connectivity index is 2.12. The molecule has 0 aromatic heterocycles. The van der Waals surface area contributed by atoms with E-state index in [1.807, 2.05) is 0 Å². The Bertz CT molecular complexity index is 569. The number of hydrogen-bond acceptors (Lipinski definition) is 3. The van der Waals surface area contributed by atoms with Gasteiger partial charge < -0.3 is 15.8 Å². The van der Waals surface area contributed by atoms with Crippen molar-refractivity contribution in [3.05, 3.63) is 28.8 Å². The fourth-order valence-electron chi connectivity index (χ4n) is 2.96. The molecular weight excluding hydrogens is 304 g/mol. The molecular formula is C16H21ClN2O3. The molecule has 1 aromatic rings. The van der Waals surface area contributed by atoms with Crippen LogP contribution in [0, 0.1) is 0 Å². The lowest BCUT2D eigenvalue weighted by molar-refractivity contribution is -0.132. The summed E-state index contributed by atoms with van der Waals surface area (Å²) >= 11 is 5.97. The third kappa shape index (κ3) is 3.71. The topological polar surface area (TPSA) is 81.4 Å². The highest BCUT2D eigenvalue weighted by Crippen LogP contribution is 2.29. The smallest absolute Gasteiger partial charge is 0.243 e. The van der Waals surface area contributed by atoms with Crippen molar-refractivity contribution in [1.29, 1.82) is 0 Å². The molecule has 1 fully saturated rings. The van der Waals surface area contributed by atoms with E-state index in [4.69, 9.17) is 22.1 Å². The van der Waals surface area contributed by atoms with Gasteiger partial charge in [0.05, 0.1) is 13.5 Å². The van der Waals surface area contributed by atoms with Crippen molar-refractivity contribution in [2.24, 2.45) is 5.73 Å². The molecule has 0 spiro atoms. The van der Waals surface area contributed by atoms with E-state index in [9.17, 15) is 9.59 Å². The number of ether oxygens (including phenoxy) is 1. The van der Waals surface area contributed by atoms with E-state index in [2.05, 4.69) is 5.32 Å². The number of hydrogen-bond donors (Lipinski definition) is 2. The number of methoxy groups -OCH3 is 1. The molecule has 0 atom stereocenters. The van der Waals surface area contributed by atoms with Crippen molar-refractivity contribution < 1.29 is 14.3 Å². The molecule has 1 saturated carbocycles. The average molecular weight is 325 g/mol. The van der Waals surface area contributed by atoms with Crippen LogP contribution < -0.4 is 15.8 Å². The number of carbonyl (C=O) groups excluding carboxylic acids is 2. The van der Waals surface area contributed by atoms with Crippen LogP contribution in [-0.2, 0) is 16.0 Å². The molecule has 0 heterocycles. The Morgan fingerprint density at radius 3 is 2.59 bits per heavy atom. The van der Waals surface area contributed by atoms with Gasteiger partial charge >= 0.3 is 0 Å². The quantitative estimate of drug-likeness (QED) is 0.871. The van der Waals surface area contributed by atoms with Crippen molar-refractivity contribution in [3.8, 4) is 5.75 Å². The molecule has 0 radical (unpaired) electrons. The lowest BCUT2D eigenvalue weighted by Gasteiger charge is -2.35. The second-order valence-electron chi connectivity index (χ2n) is 5.69. The molecule has 1 aliphatic rings. The highest BCUT2D eigenvalue weighted by atomic mass is 35.5. The lowest BCUT2D eigenvalue weighted by atomic mass is 9.81. The predicted octanol–water partition coefficient (Wildman–Crippen LogP) is 2.20. The summed E-state index contributed by atoms with van der Waals surface area (Å²) in [6.07, 6.45) is 4.14. The molecule has 6 heteroatoms. The van der Waals surface area contributed by atoms with E-state index < -0.39 is 11.4 Å². The van der Waals surface area contributed by atoms with Gasteiger partial charge in [-0.3, -0.25) is 9.59 Å². The Morgan fingerprint density at radius 1 is 1.32 bits per heavy atom. The fourth-order valence-corrected chi connectivity index (χ4v) is 3.15. The first-order valence-corrected chi connectivity index (χ1v) is 7.78. The lowest BCUT2D eigenvalue weighted by Crippen LogP contribution is -2.58. The number of benzene rings is 1. The Labute approximate surface area is 135 Å². The SMILES string of the molecule is COc1ccc(Cl)cc1CC(=O)NC1(C(N)=O)CCCCC1. The summed E-state index contributed by atoms with van der Waals surface area (Å²) in [5.41, 5.74) is 5.29. The first-order chi connectivity index (χ1) is 10.5. The minimum Gasteiger partial charge on any atom is -0.496 e. The normalized spacial score (nSPS) is 16.8. The summed E-state index contributed by atoms with van der Waals surface area (Å²) in [6, 6.07) is 5.11. The monoisotopic (exact) mass is 324 g/mol. The van der Waals surface area contributed by atoms with Crippen molar-refractivity contribution in [1.82, 2.24) is 5.32 Å². The van der Waals surface area contributed by atoms with Crippen LogP contribution in [0.2, 0.25) is 5.02 Å². The largest absolute Gasteiger partial charge is 0.496 e. The van der Waals surface area contributed by atoms with E-state index in [-0.39, 0.29) is 12.3 Å². The molecule has 0 bridgehead atoms. The van der Waals surface area contributed by atoms with E-state index in [1.165, 1.54) is 7.11 Å². The molecule has 22 heavy (non-hydrogen) atoms. The summed E-state index contributed by atoms with van der Waals surface area (Å²) in [5.74, 6) is -0.115. The van der Waals surface area contributed by atoms with Crippen LogP contribution in [0.4, 0.5) is 0 Å². The Hall–Kier alpha value is -1.75. The van der Waals surface area contributed by atoms with E-state index in [0.717, 1.165) is 19.3 Å². The number of nitrogens with one attached hydrogen (secondary N) is 1. The van der Waals surface area contributed by atoms with Gasteiger partial charge in [-0.25, -0.2) is 0 Å². The van der Waals surface area contributed by atoms with Crippen molar-refractivity contribution >= 4 is 23.4 Å². The third-order valence-electron chi connectivity index (χ3n) is 4.15. The third-order valence-corrected chi connectivity index (χ3v) is 4.39. The van der Waals surface area contributed by atoms with Crippen LogP contribution in [0.25, 0.3) is 0 Å². The first-order valence-electron chi connectivity index (χ1n) is 7.40. The number of amides is 2. The van der Waals surface area contributed by atoms with Crippen molar-refractivity contribution in [3.63, 3.8) is 0 Å². The maximum atomic E-state index is 12.4. The van der Waals surface area contributed by atoms with Gasteiger partial charge in [0.2, 0.25) is 11.8 Å². The molecule has 120 valence electrons. The highest BCUT2D eigenvalue weighted by Gasteiger charge is 2.39. The zero-order valence-corrected chi connectivity index (χ0v) is 13.4. The number of nitrogens with two attached hydrogens (primary N) is 1. The first kappa shape index (κ1) is 16.6. The fraction of sp³-hybridized carbons (Fsp3) is 0.500. The number of primary amides is 1. The standard InChI is InChI=1S/C16H21ClN2O3/c1-22-13-6-5-12(17)9-11(13)10-14(20)19-16(15(18)21)7-3-2-4-8-16/h5-6,9H,2-4,7-8,10H2,1H3,(H2,18,21)(H,19,20). The van der Waals surface area contributed by atoms with Gasteiger partial charge in [0.1, 0.15) is 11.3 Å². The summed E-state index contributed by atoms with van der Waals surface area (Å²) in [6.45, 7) is 0. The molecule has 5 nitrogen and oxygen atoms in total. The van der Waals surface area contributed by atoms with Gasteiger partial charge in [0, 0.05) is 10.6 Å². The maximum absolute atomic E-state index is 12.4. The van der Waals surface area contributed by atoms with Crippen LogP contribution in [0.15, 0.2) is 18.2 Å². The van der Waals surface area contributed by atoms with Crippen molar-refractivity contribution in [2.45, 2.75) is 44.1 Å². The number of rotatable bonds is 5. The van der Waals surface area contributed by atoms with Crippen LogP contribution >= 0.6 is 11.6 Å². The van der Waals surface area contributed by atoms with Crippen LogP contribution in [-0.4, -0.2) is 24.5 Å².